The molecule has 0 bridgehead atoms. The largest absolute Gasteiger partial charge is 0.457 e. The first-order valence-corrected chi connectivity index (χ1v) is 10.1. The maximum atomic E-state index is 13.6. The summed E-state index contributed by atoms with van der Waals surface area (Å²) in [7, 11) is 0. The van der Waals surface area contributed by atoms with Crippen molar-refractivity contribution in [3.63, 3.8) is 0 Å². The second-order valence-electron chi connectivity index (χ2n) is 6.91. The van der Waals surface area contributed by atoms with Crippen LogP contribution in [0.4, 0.5) is 39.5 Å². The van der Waals surface area contributed by atoms with Gasteiger partial charge in [-0.05, 0) is 29.8 Å². The van der Waals surface area contributed by atoms with Crippen molar-refractivity contribution in [1.82, 2.24) is 15.0 Å². The molecular weight excluding hydrogens is 469 g/mol. The van der Waals surface area contributed by atoms with Gasteiger partial charge in [-0.1, -0.05) is 42.8 Å². The molecule has 3 aromatic rings. The zero-order chi connectivity index (χ0) is 24.1. The zero-order valence-corrected chi connectivity index (χ0v) is 18.0. The number of alkyl halides is 5. The molecule has 0 aliphatic heterocycles. The van der Waals surface area contributed by atoms with E-state index in [-0.39, 0.29) is 24.1 Å². The van der Waals surface area contributed by atoms with E-state index in [1.807, 2.05) is 0 Å². The molecule has 1 heterocycles. The molecule has 6 nitrogen and oxygen atoms in total. The summed E-state index contributed by atoms with van der Waals surface area (Å²) in [6.07, 6.45) is -5.00. The van der Waals surface area contributed by atoms with Gasteiger partial charge in [0.25, 0.3) is 5.92 Å². The van der Waals surface area contributed by atoms with Crippen LogP contribution in [-0.4, -0.2) is 27.5 Å². The van der Waals surface area contributed by atoms with Gasteiger partial charge in [0.15, 0.2) is 6.61 Å². The van der Waals surface area contributed by atoms with Gasteiger partial charge in [-0.3, -0.25) is 0 Å². The molecule has 33 heavy (non-hydrogen) atoms. The van der Waals surface area contributed by atoms with Crippen molar-refractivity contribution in [2.75, 3.05) is 17.2 Å². The third-order valence-electron chi connectivity index (χ3n) is 4.39. The fourth-order valence-corrected chi connectivity index (χ4v) is 2.75. The minimum absolute atomic E-state index is 0.0397. The normalized spacial score (nSPS) is 11.8. The smallest absolute Gasteiger partial charge is 0.416 e. The number of ether oxygens (including phenoxy) is 1. The maximum Gasteiger partial charge on any atom is 0.416 e. The Balaban J connectivity index is 1.85. The number of hydrogen-bond acceptors (Lipinski definition) is 6. The van der Waals surface area contributed by atoms with Crippen LogP contribution in [-0.2, 0) is 12.7 Å². The third-order valence-corrected chi connectivity index (χ3v) is 4.75. The first-order chi connectivity index (χ1) is 15.6. The van der Waals surface area contributed by atoms with E-state index in [1.54, 1.807) is 24.3 Å². The zero-order valence-electron chi connectivity index (χ0n) is 17.3. The quantitative estimate of drug-likeness (QED) is 0.344. The SMILES string of the molecule is CCC(F)(F)COc1nc(NCc2ccccc2Cl)nc(Nc2cccc(C(F)(F)F)c2)n1. The highest BCUT2D eigenvalue weighted by Crippen LogP contribution is 2.31. The first kappa shape index (κ1) is 24.4. The molecule has 0 saturated carbocycles. The van der Waals surface area contributed by atoms with Crippen LogP contribution in [0.2, 0.25) is 5.02 Å². The fourth-order valence-electron chi connectivity index (χ4n) is 2.55. The van der Waals surface area contributed by atoms with Crippen molar-refractivity contribution < 1.29 is 26.7 Å². The van der Waals surface area contributed by atoms with Gasteiger partial charge in [0.2, 0.25) is 11.9 Å². The number of rotatable bonds is 9. The van der Waals surface area contributed by atoms with Crippen LogP contribution in [0.3, 0.4) is 0 Å². The monoisotopic (exact) mass is 487 g/mol. The van der Waals surface area contributed by atoms with E-state index in [9.17, 15) is 22.0 Å². The van der Waals surface area contributed by atoms with E-state index in [1.165, 1.54) is 19.1 Å². The second kappa shape index (κ2) is 10.2. The molecule has 0 amide bonds. The summed E-state index contributed by atoms with van der Waals surface area (Å²) >= 11 is 6.12. The van der Waals surface area contributed by atoms with E-state index in [2.05, 4.69) is 25.6 Å². The van der Waals surface area contributed by atoms with Crippen LogP contribution in [0, 0.1) is 0 Å². The third kappa shape index (κ3) is 7.14. The van der Waals surface area contributed by atoms with Crippen LogP contribution in [0.1, 0.15) is 24.5 Å². The minimum atomic E-state index is -4.54. The number of aromatic nitrogens is 3. The average molecular weight is 488 g/mol. The van der Waals surface area contributed by atoms with Gasteiger partial charge in [0.05, 0.1) is 5.56 Å². The van der Waals surface area contributed by atoms with E-state index >= 15 is 0 Å². The molecule has 2 aromatic carbocycles. The average Bonchev–Trinajstić information content (AvgIpc) is 2.77. The lowest BCUT2D eigenvalue weighted by Crippen LogP contribution is -2.25. The molecule has 176 valence electrons. The molecule has 0 saturated heterocycles. The number of hydrogen-bond donors (Lipinski definition) is 2. The highest BCUT2D eigenvalue weighted by atomic mass is 35.5. The van der Waals surface area contributed by atoms with Crippen molar-refractivity contribution in [1.29, 1.82) is 0 Å². The van der Waals surface area contributed by atoms with Crippen LogP contribution < -0.4 is 15.4 Å². The van der Waals surface area contributed by atoms with E-state index in [0.717, 1.165) is 12.1 Å². The Morgan fingerprint density at radius 1 is 0.939 bits per heavy atom. The van der Waals surface area contributed by atoms with Gasteiger partial charge < -0.3 is 15.4 Å². The predicted octanol–water partition coefficient (Wildman–Crippen LogP) is 6.32. The van der Waals surface area contributed by atoms with Crippen LogP contribution in [0.5, 0.6) is 6.01 Å². The Labute approximate surface area is 191 Å². The van der Waals surface area contributed by atoms with Crippen LogP contribution >= 0.6 is 11.6 Å². The van der Waals surface area contributed by atoms with Crippen molar-refractivity contribution in [2.45, 2.75) is 32.0 Å². The second-order valence-corrected chi connectivity index (χ2v) is 7.32. The molecule has 0 atom stereocenters. The molecule has 2 N–H and O–H groups in total. The fraction of sp³-hybridized carbons (Fsp3) is 0.286. The first-order valence-electron chi connectivity index (χ1n) is 9.74. The Morgan fingerprint density at radius 2 is 1.67 bits per heavy atom. The van der Waals surface area contributed by atoms with E-state index in [4.69, 9.17) is 16.3 Å². The molecule has 0 spiro atoms. The standard InChI is InChI=1S/C21H19ClF5N5O/c1-2-20(23,24)12-33-19-31-17(28-11-13-6-3-4-9-16(13)22)30-18(32-19)29-15-8-5-7-14(10-15)21(25,26)27/h3-10H,2,11-12H2,1H3,(H2,28,29,30,31,32). The summed E-state index contributed by atoms with van der Waals surface area (Å²) in [4.78, 5) is 11.9. The van der Waals surface area contributed by atoms with Gasteiger partial charge in [0.1, 0.15) is 0 Å². The lowest BCUT2D eigenvalue weighted by Gasteiger charge is -2.15. The number of benzene rings is 2. The maximum absolute atomic E-state index is 13.6. The van der Waals surface area contributed by atoms with Gasteiger partial charge in [0, 0.05) is 23.7 Å². The number of nitrogens with zero attached hydrogens (tertiary/aromatic N) is 3. The molecule has 0 unspecified atom stereocenters. The highest BCUT2D eigenvalue weighted by molar-refractivity contribution is 6.31. The van der Waals surface area contributed by atoms with Crippen molar-refractivity contribution >= 4 is 29.2 Å². The Kier molecular flexibility index (Phi) is 7.52. The molecule has 0 aliphatic rings. The van der Waals surface area contributed by atoms with Gasteiger partial charge in [-0.15, -0.1) is 0 Å². The summed E-state index contributed by atoms with van der Waals surface area (Å²) < 4.78 is 71.2. The number of nitrogens with one attached hydrogen (secondary N) is 2. The van der Waals surface area contributed by atoms with Crippen LogP contribution in [0.25, 0.3) is 0 Å². The van der Waals surface area contributed by atoms with Crippen molar-refractivity contribution in [3.05, 3.63) is 64.7 Å². The van der Waals surface area contributed by atoms with Gasteiger partial charge >= 0.3 is 12.2 Å². The number of anilines is 3. The lowest BCUT2D eigenvalue weighted by atomic mass is 10.2. The summed E-state index contributed by atoms with van der Waals surface area (Å²) in [5.74, 6) is -3.35. The molecule has 3 rings (SSSR count). The highest BCUT2D eigenvalue weighted by Gasteiger charge is 2.30. The van der Waals surface area contributed by atoms with Crippen molar-refractivity contribution in [3.8, 4) is 6.01 Å². The number of halogens is 6. The Hall–Kier alpha value is -3.21. The molecular formula is C21H19ClF5N5O. The molecule has 0 fully saturated rings. The van der Waals surface area contributed by atoms with Gasteiger partial charge in [-0.2, -0.15) is 28.1 Å². The molecule has 1 aromatic heterocycles. The summed E-state index contributed by atoms with van der Waals surface area (Å²) in [5.41, 5.74) is -0.123. The summed E-state index contributed by atoms with van der Waals surface area (Å²) in [6.45, 7) is 0.520. The Morgan fingerprint density at radius 3 is 2.36 bits per heavy atom. The minimum Gasteiger partial charge on any atom is -0.457 e. The van der Waals surface area contributed by atoms with Gasteiger partial charge in [-0.25, -0.2) is 8.78 Å². The topological polar surface area (TPSA) is 72.0 Å². The Bertz CT molecular complexity index is 1100. The van der Waals surface area contributed by atoms with Crippen LogP contribution in [0.15, 0.2) is 48.5 Å². The van der Waals surface area contributed by atoms with E-state index in [0.29, 0.717) is 10.6 Å². The van der Waals surface area contributed by atoms with E-state index < -0.39 is 36.7 Å². The summed E-state index contributed by atoms with van der Waals surface area (Å²) in [5, 5.41) is 5.99. The molecule has 0 aliphatic carbocycles. The lowest BCUT2D eigenvalue weighted by molar-refractivity contribution is -0.137. The molecule has 12 heteroatoms. The summed E-state index contributed by atoms with van der Waals surface area (Å²) in [6, 6.07) is 10.9. The van der Waals surface area contributed by atoms with Crippen molar-refractivity contribution in [2.24, 2.45) is 0 Å². The predicted molar refractivity (Wildman–Crippen MR) is 114 cm³/mol. The molecule has 0 radical (unpaired) electrons.